The van der Waals surface area contributed by atoms with Crippen molar-refractivity contribution in [3.63, 3.8) is 0 Å². The topological polar surface area (TPSA) is 96.6 Å². The predicted octanol–water partition coefficient (Wildman–Crippen LogP) is 6.36. The van der Waals surface area contributed by atoms with Crippen LogP contribution in [0.15, 0.2) is 46.0 Å². The number of ether oxygens (including phenoxy) is 3. The van der Waals surface area contributed by atoms with Gasteiger partial charge in [0.1, 0.15) is 24.0 Å². The van der Waals surface area contributed by atoms with Gasteiger partial charge in [-0.1, -0.05) is 43.1 Å². The molecule has 0 aliphatic carbocycles. The smallest absolute Gasteiger partial charge is 0.283 e. The zero-order valence-corrected chi connectivity index (χ0v) is 23.8. The van der Waals surface area contributed by atoms with E-state index in [9.17, 15) is 4.79 Å². The molecule has 2 aliphatic heterocycles. The van der Waals surface area contributed by atoms with Crippen LogP contribution in [0.3, 0.4) is 0 Å². The zero-order valence-electron chi connectivity index (χ0n) is 21.5. The van der Waals surface area contributed by atoms with E-state index in [0.717, 1.165) is 10.8 Å². The Morgan fingerprint density at radius 2 is 1.71 bits per heavy atom. The fraction of sp³-hybridized carbons (Fsp3) is 0.333. The van der Waals surface area contributed by atoms with Gasteiger partial charge in [0.05, 0.1) is 28.8 Å². The molecule has 0 fully saturated rings. The van der Waals surface area contributed by atoms with Crippen LogP contribution in [0.2, 0.25) is 10.0 Å². The number of hydrogen-bond acceptors (Lipinski definition) is 7. The molecule has 2 aromatic rings. The van der Waals surface area contributed by atoms with Crippen molar-refractivity contribution >= 4 is 63.0 Å². The molecule has 0 unspecified atom stereocenters. The summed E-state index contributed by atoms with van der Waals surface area (Å²) in [6, 6.07) is 9.21. The second-order valence-electron chi connectivity index (χ2n) is 8.98. The molecule has 11 heteroatoms. The van der Waals surface area contributed by atoms with Crippen LogP contribution in [0.4, 0.5) is 0 Å². The lowest BCUT2D eigenvalue weighted by molar-refractivity contribution is -0.114. The lowest BCUT2D eigenvalue weighted by Gasteiger charge is -2.20. The average molecular weight is 576 g/mol. The maximum absolute atomic E-state index is 12.6. The third-order valence-electron chi connectivity index (χ3n) is 5.74. The molecule has 0 spiro atoms. The molecule has 0 saturated heterocycles. The Labute approximate surface area is 236 Å². The van der Waals surface area contributed by atoms with Crippen molar-refractivity contribution in [2.45, 2.75) is 27.7 Å². The number of benzene rings is 2. The minimum Gasteiger partial charge on any atom is -0.491 e. The highest BCUT2D eigenvalue weighted by molar-refractivity contribution is 8.27. The first-order chi connectivity index (χ1) is 18.1. The molecule has 38 heavy (non-hydrogen) atoms. The van der Waals surface area contributed by atoms with Crippen LogP contribution >= 0.6 is 35.0 Å². The van der Waals surface area contributed by atoms with Crippen LogP contribution in [0.1, 0.15) is 30.5 Å². The number of thioether (sulfide) groups is 1. The summed E-state index contributed by atoms with van der Waals surface area (Å²) in [5.41, 5.74) is 3.04. The Morgan fingerprint density at radius 1 is 1.03 bits per heavy atom. The third-order valence-corrected chi connectivity index (χ3v) is 7.51. The van der Waals surface area contributed by atoms with E-state index in [1.807, 2.05) is 39.0 Å². The SMILES string of the molecule is Cc1ccc(OCCOCCOc2c(Cl)cc(/C=C3/C(=N)N4N=C(C(C)C)SC4=NC3=O)cc2Cl)cc1C. The van der Waals surface area contributed by atoms with Gasteiger partial charge in [-0.05, 0) is 72.6 Å². The molecule has 2 heterocycles. The first kappa shape index (κ1) is 28.2. The molecule has 8 nitrogen and oxygen atoms in total. The van der Waals surface area contributed by atoms with Crippen molar-refractivity contribution < 1.29 is 19.0 Å². The number of amidine groups is 2. The number of nitrogens with one attached hydrogen (secondary N) is 1. The van der Waals surface area contributed by atoms with E-state index < -0.39 is 5.91 Å². The summed E-state index contributed by atoms with van der Waals surface area (Å²) < 4.78 is 17.0. The lowest BCUT2D eigenvalue weighted by Crippen LogP contribution is -2.35. The van der Waals surface area contributed by atoms with Gasteiger partial charge in [0.25, 0.3) is 5.91 Å². The summed E-state index contributed by atoms with van der Waals surface area (Å²) >= 11 is 14.1. The van der Waals surface area contributed by atoms with Crippen LogP contribution in [0.25, 0.3) is 6.08 Å². The summed E-state index contributed by atoms with van der Waals surface area (Å²) in [5.74, 6) is 0.731. The number of hydrazone groups is 1. The number of hydrogen-bond donors (Lipinski definition) is 1. The second kappa shape index (κ2) is 12.3. The van der Waals surface area contributed by atoms with Crippen molar-refractivity contribution in [3.8, 4) is 11.5 Å². The highest BCUT2D eigenvalue weighted by Gasteiger charge is 2.36. The largest absolute Gasteiger partial charge is 0.491 e. The second-order valence-corrected chi connectivity index (χ2v) is 10.8. The van der Waals surface area contributed by atoms with Crippen molar-refractivity contribution in [2.75, 3.05) is 26.4 Å². The van der Waals surface area contributed by atoms with E-state index in [0.29, 0.717) is 36.3 Å². The summed E-state index contributed by atoms with van der Waals surface area (Å²) in [6.45, 7) is 9.50. The number of fused-ring (bicyclic) bond motifs is 1. The maximum atomic E-state index is 12.6. The number of aryl methyl sites for hydroxylation is 2. The molecule has 0 saturated carbocycles. The highest BCUT2D eigenvalue weighted by atomic mass is 35.5. The van der Waals surface area contributed by atoms with Gasteiger partial charge in [-0.25, -0.2) is 0 Å². The van der Waals surface area contributed by atoms with Crippen LogP contribution in [0.5, 0.6) is 11.5 Å². The van der Waals surface area contributed by atoms with Gasteiger partial charge in [0.2, 0.25) is 5.17 Å². The van der Waals surface area contributed by atoms with Crippen LogP contribution in [-0.4, -0.2) is 53.4 Å². The van der Waals surface area contributed by atoms with E-state index in [-0.39, 0.29) is 34.0 Å². The highest BCUT2D eigenvalue weighted by Crippen LogP contribution is 2.36. The van der Waals surface area contributed by atoms with Crippen molar-refractivity contribution in [1.82, 2.24) is 5.01 Å². The van der Waals surface area contributed by atoms with Gasteiger partial charge in [-0.2, -0.15) is 15.1 Å². The van der Waals surface area contributed by atoms with Crippen molar-refractivity contribution in [2.24, 2.45) is 16.0 Å². The molecule has 0 radical (unpaired) electrons. The maximum Gasteiger partial charge on any atom is 0.283 e. The Balaban J connectivity index is 1.31. The molecule has 1 amide bonds. The minimum absolute atomic E-state index is 0.0469. The molecule has 0 atom stereocenters. The van der Waals surface area contributed by atoms with Crippen LogP contribution in [-0.2, 0) is 9.53 Å². The molecule has 2 aromatic carbocycles. The summed E-state index contributed by atoms with van der Waals surface area (Å²) in [4.78, 5) is 16.7. The van der Waals surface area contributed by atoms with Gasteiger partial charge < -0.3 is 14.2 Å². The number of halogens is 2. The molecular weight excluding hydrogens is 547 g/mol. The van der Waals surface area contributed by atoms with Gasteiger partial charge in [0, 0.05) is 5.92 Å². The standard InChI is InChI=1S/C27H28Cl2N4O4S/c1-15(2)26-32-33-24(30)20(25(34)31-27(33)38-26)12-18-13-21(28)23(22(29)14-18)37-10-8-35-7-9-36-19-6-5-16(3)17(4)11-19/h5-6,11-15,30H,7-10H2,1-4H3/b20-12-,30-24?. The Morgan fingerprint density at radius 3 is 2.37 bits per heavy atom. The zero-order chi connectivity index (χ0) is 27.4. The van der Waals surface area contributed by atoms with E-state index in [1.165, 1.54) is 34.0 Å². The molecule has 1 N–H and O–H groups in total. The molecule has 200 valence electrons. The first-order valence-corrected chi connectivity index (χ1v) is 13.6. The predicted molar refractivity (Wildman–Crippen MR) is 154 cm³/mol. The third kappa shape index (κ3) is 6.58. The van der Waals surface area contributed by atoms with Crippen LogP contribution < -0.4 is 9.47 Å². The first-order valence-electron chi connectivity index (χ1n) is 12.0. The number of amides is 1. The van der Waals surface area contributed by atoms with E-state index in [1.54, 1.807) is 12.1 Å². The molecule has 4 rings (SSSR count). The number of nitrogens with zero attached hydrogens (tertiary/aromatic N) is 3. The Bertz CT molecular complexity index is 1330. The van der Waals surface area contributed by atoms with Gasteiger partial charge in [0.15, 0.2) is 11.6 Å². The molecule has 0 aromatic heterocycles. The van der Waals surface area contributed by atoms with E-state index in [2.05, 4.69) is 17.0 Å². The molecular formula is C27H28Cl2N4O4S. The number of aliphatic imine (C=N–C) groups is 1. The number of carbonyl (C=O) groups is 1. The van der Waals surface area contributed by atoms with Gasteiger partial charge in [-0.15, -0.1) is 0 Å². The summed E-state index contributed by atoms with van der Waals surface area (Å²) in [6.07, 6.45) is 1.53. The Kier molecular flexibility index (Phi) is 9.15. The van der Waals surface area contributed by atoms with Crippen LogP contribution in [0, 0.1) is 25.2 Å². The molecule has 2 aliphatic rings. The number of rotatable bonds is 10. The summed E-state index contributed by atoms with van der Waals surface area (Å²) in [7, 11) is 0. The fourth-order valence-electron chi connectivity index (χ4n) is 3.53. The Hall–Kier alpha value is -2.85. The normalized spacial score (nSPS) is 16.2. The fourth-order valence-corrected chi connectivity index (χ4v) is 5.04. The van der Waals surface area contributed by atoms with Crippen molar-refractivity contribution in [3.05, 3.63) is 62.6 Å². The van der Waals surface area contributed by atoms with E-state index >= 15 is 0 Å². The minimum atomic E-state index is -0.514. The quantitative estimate of drug-likeness (QED) is 0.262. The van der Waals surface area contributed by atoms with Gasteiger partial charge >= 0.3 is 0 Å². The number of carbonyl (C=O) groups excluding carboxylic acids is 1. The molecule has 0 bridgehead atoms. The van der Waals surface area contributed by atoms with E-state index in [4.69, 9.17) is 42.8 Å². The lowest BCUT2D eigenvalue weighted by atomic mass is 10.1. The summed E-state index contributed by atoms with van der Waals surface area (Å²) in [5, 5.41) is 16.0. The van der Waals surface area contributed by atoms with Gasteiger partial charge in [-0.3, -0.25) is 10.2 Å². The van der Waals surface area contributed by atoms with Crippen molar-refractivity contribution in [1.29, 1.82) is 5.41 Å². The average Bonchev–Trinajstić information content (AvgIpc) is 3.29. The monoisotopic (exact) mass is 574 g/mol.